The van der Waals surface area contributed by atoms with E-state index in [1.807, 2.05) is 6.08 Å². The van der Waals surface area contributed by atoms with Crippen LogP contribution in [0.25, 0.3) is 0 Å². The minimum Gasteiger partial charge on any atom is -0.103 e. The van der Waals surface area contributed by atoms with Gasteiger partial charge in [0.2, 0.25) is 0 Å². The summed E-state index contributed by atoms with van der Waals surface area (Å²) in [5.74, 6) is 0. The molecule has 0 fully saturated rings. The maximum absolute atomic E-state index is 3.83. The Kier molecular flexibility index (Phi) is 2.81. The van der Waals surface area contributed by atoms with E-state index in [1.54, 1.807) is 0 Å². The number of rotatable bonds is 3. The summed E-state index contributed by atoms with van der Waals surface area (Å²) in [6.45, 7) is 11.9. The van der Waals surface area contributed by atoms with Crippen LogP contribution >= 0.6 is 0 Å². The lowest BCUT2D eigenvalue weighted by Gasteiger charge is -2.20. The maximum Gasteiger partial charge on any atom is -0.0152 e. The van der Waals surface area contributed by atoms with Gasteiger partial charge in [0.1, 0.15) is 0 Å². The molecule has 0 spiro atoms. The van der Waals surface area contributed by atoms with Gasteiger partial charge in [-0.2, -0.15) is 0 Å². The van der Waals surface area contributed by atoms with Crippen LogP contribution in [0.4, 0.5) is 0 Å². The van der Waals surface area contributed by atoms with Crippen molar-refractivity contribution >= 4 is 0 Å². The van der Waals surface area contributed by atoms with Crippen molar-refractivity contribution in [1.29, 1.82) is 0 Å². The molecule has 0 bridgehead atoms. The van der Waals surface area contributed by atoms with Crippen molar-refractivity contribution in [2.45, 2.75) is 26.7 Å². The third-order valence-corrected chi connectivity index (χ3v) is 1.87. The highest BCUT2D eigenvalue weighted by Crippen LogP contribution is 2.25. The van der Waals surface area contributed by atoms with Crippen LogP contribution < -0.4 is 0 Å². The van der Waals surface area contributed by atoms with Gasteiger partial charge >= 0.3 is 0 Å². The fraction of sp³-hybridized carbons (Fsp3) is 0.625. The minimum absolute atomic E-state index is 0.278. The first-order valence-electron chi connectivity index (χ1n) is 3.11. The third kappa shape index (κ3) is 1.69. The van der Waals surface area contributed by atoms with Crippen LogP contribution in [0.15, 0.2) is 12.7 Å². The van der Waals surface area contributed by atoms with Crippen molar-refractivity contribution in [3.05, 3.63) is 19.6 Å². The molecule has 0 amide bonds. The predicted octanol–water partition coefficient (Wildman–Crippen LogP) is 2.81. The molecule has 0 aromatic carbocycles. The van der Waals surface area contributed by atoms with Crippen molar-refractivity contribution in [1.82, 2.24) is 0 Å². The lowest BCUT2D eigenvalue weighted by Crippen LogP contribution is -2.08. The molecular weight excluding hydrogens is 96.1 g/mol. The van der Waals surface area contributed by atoms with Crippen LogP contribution in [0.2, 0.25) is 0 Å². The van der Waals surface area contributed by atoms with E-state index in [1.165, 1.54) is 0 Å². The molecule has 1 unspecified atom stereocenters. The van der Waals surface area contributed by atoms with Gasteiger partial charge in [0.25, 0.3) is 0 Å². The summed E-state index contributed by atoms with van der Waals surface area (Å²) in [5, 5.41) is 0. The summed E-state index contributed by atoms with van der Waals surface area (Å²) < 4.78 is 0. The van der Waals surface area contributed by atoms with Gasteiger partial charge < -0.3 is 0 Å². The predicted molar refractivity (Wildman–Crippen MR) is 38.6 cm³/mol. The van der Waals surface area contributed by atoms with E-state index >= 15 is 0 Å². The van der Waals surface area contributed by atoms with Crippen LogP contribution in [0.3, 0.4) is 0 Å². The van der Waals surface area contributed by atoms with Gasteiger partial charge in [-0.1, -0.05) is 26.8 Å². The van der Waals surface area contributed by atoms with E-state index in [2.05, 4.69) is 27.4 Å². The van der Waals surface area contributed by atoms with Crippen molar-refractivity contribution < 1.29 is 0 Å². The van der Waals surface area contributed by atoms with Crippen LogP contribution in [-0.4, -0.2) is 0 Å². The Balaban J connectivity index is 3.76. The molecule has 0 aromatic rings. The number of hydrogen-bond acceptors (Lipinski definition) is 0. The SMILES string of the molecule is [CH2]CC(C)(C=C)CC. The number of hydrogen-bond donors (Lipinski definition) is 0. The Morgan fingerprint density at radius 1 is 1.62 bits per heavy atom. The van der Waals surface area contributed by atoms with Crippen LogP contribution in [-0.2, 0) is 0 Å². The van der Waals surface area contributed by atoms with Gasteiger partial charge in [-0.05, 0) is 18.3 Å². The van der Waals surface area contributed by atoms with Gasteiger partial charge in [-0.25, -0.2) is 0 Å². The highest BCUT2D eigenvalue weighted by Gasteiger charge is 2.12. The first-order chi connectivity index (χ1) is 3.68. The smallest absolute Gasteiger partial charge is 0.0152 e. The standard InChI is InChI=1S/C8H15/c1-5-8(4,6-2)7-3/h5H,1-2,6-7H2,3-4H3. The molecule has 0 aliphatic heterocycles. The van der Waals surface area contributed by atoms with E-state index in [9.17, 15) is 0 Å². The second-order valence-corrected chi connectivity index (χ2v) is 2.46. The molecule has 0 heteroatoms. The summed E-state index contributed by atoms with van der Waals surface area (Å²) in [4.78, 5) is 0. The Hall–Kier alpha value is -0.260. The van der Waals surface area contributed by atoms with Gasteiger partial charge in [0.15, 0.2) is 0 Å². The van der Waals surface area contributed by atoms with E-state index in [4.69, 9.17) is 0 Å². The topological polar surface area (TPSA) is 0 Å². The lowest BCUT2D eigenvalue weighted by atomic mass is 9.85. The zero-order valence-electron chi connectivity index (χ0n) is 5.91. The van der Waals surface area contributed by atoms with E-state index in [-0.39, 0.29) is 5.41 Å². The van der Waals surface area contributed by atoms with Gasteiger partial charge in [-0.3, -0.25) is 0 Å². The first-order valence-corrected chi connectivity index (χ1v) is 3.11. The molecule has 1 radical (unpaired) electrons. The number of allylic oxidation sites excluding steroid dienone is 1. The van der Waals surface area contributed by atoms with E-state index in [0.717, 1.165) is 12.8 Å². The molecule has 0 aliphatic rings. The van der Waals surface area contributed by atoms with E-state index < -0.39 is 0 Å². The van der Waals surface area contributed by atoms with Crippen molar-refractivity contribution in [2.24, 2.45) is 5.41 Å². The molecule has 0 nitrogen and oxygen atoms in total. The quantitative estimate of drug-likeness (QED) is 0.491. The third-order valence-electron chi connectivity index (χ3n) is 1.87. The molecule has 0 saturated heterocycles. The van der Waals surface area contributed by atoms with Crippen molar-refractivity contribution in [2.75, 3.05) is 0 Å². The summed E-state index contributed by atoms with van der Waals surface area (Å²) >= 11 is 0. The fourth-order valence-electron chi connectivity index (χ4n) is 0.423. The minimum atomic E-state index is 0.278. The molecule has 0 saturated carbocycles. The average Bonchev–Trinajstić information content (AvgIpc) is 1.87. The highest BCUT2D eigenvalue weighted by molar-refractivity contribution is 4.90. The van der Waals surface area contributed by atoms with Gasteiger partial charge in [-0.15, -0.1) is 6.58 Å². The zero-order valence-corrected chi connectivity index (χ0v) is 5.91. The summed E-state index contributed by atoms with van der Waals surface area (Å²) in [6.07, 6.45) is 4.08. The molecule has 0 aliphatic carbocycles. The fourth-order valence-corrected chi connectivity index (χ4v) is 0.423. The Morgan fingerprint density at radius 3 is 2.12 bits per heavy atom. The monoisotopic (exact) mass is 111 g/mol. The van der Waals surface area contributed by atoms with E-state index in [0.29, 0.717) is 0 Å². The van der Waals surface area contributed by atoms with Crippen molar-refractivity contribution in [3.63, 3.8) is 0 Å². The molecule has 0 N–H and O–H groups in total. The van der Waals surface area contributed by atoms with Crippen molar-refractivity contribution in [3.8, 4) is 0 Å². The molecular formula is C8H15. The molecule has 0 rings (SSSR count). The summed E-state index contributed by atoms with van der Waals surface area (Å²) in [6, 6.07) is 0. The Morgan fingerprint density at radius 2 is 2.12 bits per heavy atom. The highest BCUT2D eigenvalue weighted by atomic mass is 14.2. The molecule has 8 heavy (non-hydrogen) atoms. The van der Waals surface area contributed by atoms with Gasteiger partial charge in [0.05, 0.1) is 0 Å². The average molecular weight is 111 g/mol. The Labute approximate surface area is 52.6 Å². The second kappa shape index (κ2) is 2.91. The normalized spacial score (nSPS) is 11.4. The molecule has 0 heterocycles. The maximum atomic E-state index is 3.83. The second-order valence-electron chi connectivity index (χ2n) is 2.46. The summed E-state index contributed by atoms with van der Waals surface area (Å²) in [5.41, 5.74) is 0.278. The molecule has 1 atom stereocenters. The van der Waals surface area contributed by atoms with Crippen LogP contribution in [0, 0.1) is 12.3 Å². The zero-order chi connectivity index (χ0) is 6.62. The molecule has 47 valence electrons. The largest absolute Gasteiger partial charge is 0.103 e. The first kappa shape index (κ1) is 7.74. The van der Waals surface area contributed by atoms with Crippen LogP contribution in [0.5, 0.6) is 0 Å². The molecule has 0 aromatic heterocycles. The van der Waals surface area contributed by atoms with Gasteiger partial charge in [0, 0.05) is 0 Å². The van der Waals surface area contributed by atoms with Crippen LogP contribution in [0.1, 0.15) is 26.7 Å². The lowest BCUT2D eigenvalue weighted by molar-refractivity contribution is 0.416. The Bertz CT molecular complexity index is 68.1. The summed E-state index contributed by atoms with van der Waals surface area (Å²) in [7, 11) is 0.